The minimum atomic E-state index is -3.14. The molecule has 3 aromatic rings. The standard InChI is InChI=1S/C28H30F2N4O3/c1-16-5-6-19(33-26(36)17-7-8-31-22(12-17)28(4,29)30)13-20(16)18-11-21-24(32-14-18)25(35)27(2,3)23-15-37-10-9-34(21)23/h5-8,11-14,23,25,35H,9-10,15H2,1-4H3,(H,33,36)/t23-,25?/m0/s1. The highest BCUT2D eigenvalue weighted by atomic mass is 19.3. The largest absolute Gasteiger partial charge is 0.386 e. The summed E-state index contributed by atoms with van der Waals surface area (Å²) < 4.78 is 33.1. The van der Waals surface area contributed by atoms with Gasteiger partial charge in [-0.3, -0.25) is 14.8 Å². The van der Waals surface area contributed by atoms with E-state index in [4.69, 9.17) is 4.74 Å². The second-order valence-corrected chi connectivity index (χ2v) is 10.4. The molecule has 5 rings (SSSR count). The molecule has 2 aliphatic heterocycles. The monoisotopic (exact) mass is 508 g/mol. The van der Waals surface area contributed by atoms with Gasteiger partial charge in [0.1, 0.15) is 11.8 Å². The van der Waals surface area contributed by atoms with Crippen molar-refractivity contribution in [3.05, 3.63) is 71.3 Å². The molecule has 2 aromatic heterocycles. The molecule has 1 saturated heterocycles. The van der Waals surface area contributed by atoms with E-state index in [9.17, 15) is 18.7 Å². The van der Waals surface area contributed by atoms with E-state index in [0.29, 0.717) is 31.1 Å². The molecular formula is C28H30F2N4O3. The van der Waals surface area contributed by atoms with Crippen molar-refractivity contribution in [3.8, 4) is 11.1 Å². The first-order valence-corrected chi connectivity index (χ1v) is 12.3. The van der Waals surface area contributed by atoms with Crippen LogP contribution in [-0.4, -0.2) is 46.8 Å². The van der Waals surface area contributed by atoms with Gasteiger partial charge >= 0.3 is 0 Å². The zero-order chi connectivity index (χ0) is 26.5. The summed E-state index contributed by atoms with van der Waals surface area (Å²) in [7, 11) is 0. The maximum absolute atomic E-state index is 13.7. The first-order chi connectivity index (χ1) is 17.5. The Morgan fingerprint density at radius 2 is 2.00 bits per heavy atom. The number of nitrogens with one attached hydrogen (secondary N) is 1. The summed E-state index contributed by atoms with van der Waals surface area (Å²) in [6.07, 6.45) is 2.22. The molecule has 0 radical (unpaired) electrons. The fourth-order valence-electron chi connectivity index (χ4n) is 5.12. The van der Waals surface area contributed by atoms with Crippen LogP contribution in [0.5, 0.6) is 0 Å². The van der Waals surface area contributed by atoms with Crippen molar-refractivity contribution in [1.82, 2.24) is 9.97 Å². The molecule has 2 atom stereocenters. The Hall–Kier alpha value is -3.43. The molecule has 2 aliphatic rings. The van der Waals surface area contributed by atoms with Gasteiger partial charge in [-0.25, -0.2) is 0 Å². The van der Waals surface area contributed by atoms with Crippen LogP contribution in [0.25, 0.3) is 11.1 Å². The molecule has 0 saturated carbocycles. The molecule has 1 aromatic carbocycles. The van der Waals surface area contributed by atoms with Gasteiger partial charge in [0.2, 0.25) is 0 Å². The zero-order valence-electron chi connectivity index (χ0n) is 21.3. The number of rotatable bonds is 4. The van der Waals surface area contributed by atoms with E-state index in [1.54, 1.807) is 12.3 Å². The Balaban J connectivity index is 1.47. The third-order valence-corrected chi connectivity index (χ3v) is 7.44. The van der Waals surface area contributed by atoms with E-state index >= 15 is 0 Å². The summed E-state index contributed by atoms with van der Waals surface area (Å²) in [4.78, 5) is 23.5. The lowest BCUT2D eigenvalue weighted by atomic mass is 9.73. The minimum absolute atomic E-state index is 0.0215. The Morgan fingerprint density at radius 3 is 2.76 bits per heavy atom. The number of morpholine rings is 1. The Labute approximate surface area is 214 Å². The molecule has 2 N–H and O–H groups in total. The average molecular weight is 509 g/mol. The van der Waals surface area contributed by atoms with Crippen LogP contribution in [-0.2, 0) is 10.7 Å². The molecule has 0 spiro atoms. The molecule has 4 heterocycles. The number of fused-ring (bicyclic) bond motifs is 3. The first-order valence-electron chi connectivity index (χ1n) is 12.3. The highest BCUT2D eigenvalue weighted by Gasteiger charge is 2.48. The number of amides is 1. The number of aliphatic hydroxyl groups excluding tert-OH is 1. The van der Waals surface area contributed by atoms with Crippen molar-refractivity contribution in [2.75, 3.05) is 30.0 Å². The lowest BCUT2D eigenvalue weighted by Crippen LogP contribution is -2.58. The van der Waals surface area contributed by atoms with Crippen molar-refractivity contribution < 1.29 is 23.4 Å². The zero-order valence-corrected chi connectivity index (χ0v) is 21.3. The number of aryl methyl sites for hydroxylation is 1. The van der Waals surface area contributed by atoms with Crippen molar-refractivity contribution >= 4 is 17.3 Å². The molecule has 37 heavy (non-hydrogen) atoms. The fraction of sp³-hybridized carbons (Fsp3) is 0.393. The summed E-state index contributed by atoms with van der Waals surface area (Å²) in [5.41, 5.74) is 3.97. The molecule has 0 bridgehead atoms. The molecule has 1 unspecified atom stereocenters. The van der Waals surface area contributed by atoms with Crippen LogP contribution in [0.2, 0.25) is 0 Å². The number of hydrogen-bond acceptors (Lipinski definition) is 6. The summed E-state index contributed by atoms with van der Waals surface area (Å²) >= 11 is 0. The average Bonchev–Trinajstić information content (AvgIpc) is 2.88. The first kappa shape index (κ1) is 25.2. The van der Waals surface area contributed by atoms with Gasteiger partial charge in [-0.05, 0) is 48.4 Å². The lowest BCUT2D eigenvalue weighted by Gasteiger charge is -2.52. The normalized spacial score (nSPS) is 20.7. The Kier molecular flexibility index (Phi) is 6.24. The second kappa shape index (κ2) is 9.15. The number of pyridine rings is 2. The number of aliphatic hydroxyl groups is 1. The number of carbonyl (C=O) groups excluding carboxylic acids is 1. The number of carbonyl (C=O) groups is 1. The van der Waals surface area contributed by atoms with E-state index in [1.165, 1.54) is 12.3 Å². The SMILES string of the molecule is Cc1ccc(NC(=O)c2ccnc(C(C)(F)F)c2)cc1-c1cnc2c(c1)N1CCOC[C@H]1C(C)(C)C2O. The van der Waals surface area contributed by atoms with Crippen molar-refractivity contribution in [3.63, 3.8) is 0 Å². The van der Waals surface area contributed by atoms with E-state index < -0.39 is 29.0 Å². The van der Waals surface area contributed by atoms with Crippen LogP contribution in [0.1, 0.15) is 54.2 Å². The number of halogens is 2. The van der Waals surface area contributed by atoms with Crippen LogP contribution in [0.15, 0.2) is 48.8 Å². The van der Waals surface area contributed by atoms with Gasteiger partial charge in [0.15, 0.2) is 0 Å². The molecule has 1 fully saturated rings. The minimum Gasteiger partial charge on any atom is -0.386 e. The van der Waals surface area contributed by atoms with Crippen molar-refractivity contribution in [2.45, 2.75) is 45.8 Å². The Bertz CT molecular complexity index is 1360. The number of nitrogens with zero attached hydrogens (tertiary/aromatic N) is 3. The summed E-state index contributed by atoms with van der Waals surface area (Å²) in [5, 5.41) is 13.9. The molecular weight excluding hydrogens is 478 g/mol. The maximum Gasteiger partial charge on any atom is 0.286 e. The molecule has 194 valence electrons. The van der Waals surface area contributed by atoms with Gasteiger partial charge < -0.3 is 20.1 Å². The smallest absolute Gasteiger partial charge is 0.286 e. The predicted octanol–water partition coefficient (Wildman–Crippen LogP) is 5.09. The number of alkyl halides is 2. The number of anilines is 2. The third-order valence-electron chi connectivity index (χ3n) is 7.44. The van der Waals surface area contributed by atoms with Crippen LogP contribution in [0.4, 0.5) is 20.2 Å². The van der Waals surface area contributed by atoms with E-state index in [2.05, 4.69) is 20.2 Å². The summed E-state index contributed by atoms with van der Waals surface area (Å²) in [5.74, 6) is -3.65. The van der Waals surface area contributed by atoms with Crippen LogP contribution < -0.4 is 10.2 Å². The van der Waals surface area contributed by atoms with E-state index in [-0.39, 0.29) is 11.6 Å². The van der Waals surface area contributed by atoms with Gasteiger partial charge in [-0.1, -0.05) is 19.9 Å². The van der Waals surface area contributed by atoms with Crippen molar-refractivity contribution in [2.24, 2.45) is 5.41 Å². The van der Waals surface area contributed by atoms with E-state index in [0.717, 1.165) is 35.4 Å². The second-order valence-electron chi connectivity index (χ2n) is 10.4. The van der Waals surface area contributed by atoms with Crippen molar-refractivity contribution in [1.29, 1.82) is 0 Å². The molecule has 0 aliphatic carbocycles. The predicted molar refractivity (Wildman–Crippen MR) is 137 cm³/mol. The molecule has 9 heteroatoms. The third kappa shape index (κ3) is 4.57. The van der Waals surface area contributed by atoms with Crippen LogP contribution in [0.3, 0.4) is 0 Å². The fourth-order valence-corrected chi connectivity index (χ4v) is 5.12. The number of aromatic nitrogens is 2. The van der Waals surface area contributed by atoms with Gasteiger partial charge in [-0.2, -0.15) is 8.78 Å². The van der Waals surface area contributed by atoms with Gasteiger partial charge in [0.05, 0.1) is 30.6 Å². The number of benzene rings is 1. The van der Waals surface area contributed by atoms with E-state index in [1.807, 2.05) is 39.0 Å². The van der Waals surface area contributed by atoms with Crippen LogP contribution in [0, 0.1) is 12.3 Å². The molecule has 7 nitrogen and oxygen atoms in total. The highest BCUT2D eigenvalue weighted by Crippen LogP contribution is 2.49. The molecule has 1 amide bonds. The summed E-state index contributed by atoms with van der Waals surface area (Å²) in [6.45, 7) is 8.63. The Morgan fingerprint density at radius 1 is 1.22 bits per heavy atom. The van der Waals surface area contributed by atoms with Gasteiger partial charge in [-0.15, -0.1) is 0 Å². The number of ether oxygens (including phenoxy) is 1. The van der Waals surface area contributed by atoms with Gasteiger partial charge in [0.25, 0.3) is 11.8 Å². The topological polar surface area (TPSA) is 87.6 Å². The van der Waals surface area contributed by atoms with Crippen LogP contribution >= 0.6 is 0 Å². The van der Waals surface area contributed by atoms with Gasteiger partial charge in [0, 0.05) is 48.1 Å². The quantitative estimate of drug-likeness (QED) is 0.510. The highest BCUT2D eigenvalue weighted by molar-refractivity contribution is 6.04. The lowest BCUT2D eigenvalue weighted by molar-refractivity contribution is -0.0288. The number of hydrogen-bond donors (Lipinski definition) is 2. The maximum atomic E-state index is 13.7. The summed E-state index contributed by atoms with van der Waals surface area (Å²) in [6, 6.07) is 10.1.